The van der Waals surface area contributed by atoms with Crippen molar-refractivity contribution in [2.45, 2.75) is 70.8 Å². The van der Waals surface area contributed by atoms with E-state index in [-0.39, 0.29) is 41.7 Å². The molecule has 6 rings (SSSR count). The highest BCUT2D eigenvalue weighted by Gasteiger charge is 2.68. The summed E-state index contributed by atoms with van der Waals surface area (Å²) >= 11 is 0. The molecule has 2 heterocycles. The molecule has 5 atom stereocenters. The fourth-order valence-electron chi connectivity index (χ4n) is 6.89. The lowest BCUT2D eigenvalue weighted by Gasteiger charge is -2.64. The molecular formula is C27H38BN5O6. The Balaban J connectivity index is 1.39. The van der Waals surface area contributed by atoms with E-state index in [1.165, 1.54) is 17.9 Å². The van der Waals surface area contributed by atoms with Gasteiger partial charge in [-0.15, -0.1) is 5.10 Å². The molecule has 1 amide bonds. The largest absolute Gasteiger partial charge is 0.496 e. The second kappa shape index (κ2) is 10.2. The number of rotatable bonds is 10. The zero-order valence-corrected chi connectivity index (χ0v) is 23.5. The quantitative estimate of drug-likeness (QED) is 0.436. The predicted octanol–water partition coefficient (Wildman–Crippen LogP) is 2.04. The topological polar surface area (TPSA) is 128 Å². The average Bonchev–Trinajstić information content (AvgIpc) is 3.45. The third-order valence-electron chi connectivity index (χ3n) is 8.98. The SMILES string of the molecule is COc1c(C[C@H](NC(=O)Cn2cc(CN(C)C)nn2)B2O[C@@H]3C[C@@H]4C[C@@H](C4(C)C)[C@]3(C)O2)cccc1C(=O)O. The van der Waals surface area contributed by atoms with E-state index in [1.807, 2.05) is 19.0 Å². The van der Waals surface area contributed by atoms with E-state index in [0.717, 1.165) is 18.5 Å². The maximum absolute atomic E-state index is 13.3. The molecule has 1 aliphatic heterocycles. The number of hydrogen-bond acceptors (Lipinski definition) is 8. The predicted molar refractivity (Wildman–Crippen MR) is 143 cm³/mol. The van der Waals surface area contributed by atoms with Gasteiger partial charge < -0.3 is 29.4 Å². The Labute approximate surface area is 229 Å². The van der Waals surface area contributed by atoms with Crippen LogP contribution in [0.3, 0.4) is 0 Å². The second-order valence-corrected chi connectivity index (χ2v) is 12.2. The van der Waals surface area contributed by atoms with Gasteiger partial charge in [-0.3, -0.25) is 4.79 Å². The standard InChI is InChI=1S/C27H38BN5O6/c1-26(2)17-11-20(26)27(3)21(12-17)38-28(39-27)22(10-16-8-7-9-19(25(35)36)24(16)37-6)29-23(34)15-33-14-18(30-31-33)13-32(4)5/h7-9,14,17,20-22H,10-13,15H2,1-6H3,(H,29,34)(H,35,36)/t17-,20-,21+,22-,27-/m0/s1. The van der Waals surface area contributed by atoms with Crippen LogP contribution in [-0.4, -0.2) is 82.8 Å². The van der Waals surface area contributed by atoms with E-state index in [9.17, 15) is 14.7 Å². The molecule has 2 bridgehead atoms. The molecular weight excluding hydrogens is 501 g/mol. The molecule has 4 aliphatic rings. The molecule has 0 spiro atoms. The zero-order chi connectivity index (χ0) is 28.1. The lowest BCUT2D eigenvalue weighted by atomic mass is 9.43. The fourth-order valence-corrected chi connectivity index (χ4v) is 6.89. The Morgan fingerprint density at radius 3 is 2.74 bits per heavy atom. The summed E-state index contributed by atoms with van der Waals surface area (Å²) in [5.41, 5.74) is 1.20. The number of para-hydroxylation sites is 1. The van der Waals surface area contributed by atoms with Crippen LogP contribution in [0, 0.1) is 17.3 Å². The van der Waals surface area contributed by atoms with Crippen molar-refractivity contribution in [2.24, 2.45) is 17.3 Å². The Kier molecular flexibility index (Phi) is 7.23. The summed E-state index contributed by atoms with van der Waals surface area (Å²) in [6.45, 7) is 7.33. The van der Waals surface area contributed by atoms with Gasteiger partial charge in [0.15, 0.2) is 0 Å². The summed E-state index contributed by atoms with van der Waals surface area (Å²) in [6, 6.07) is 4.98. The molecule has 2 N–H and O–H groups in total. The molecule has 1 aromatic heterocycles. The van der Waals surface area contributed by atoms with E-state index in [4.69, 9.17) is 14.0 Å². The van der Waals surface area contributed by atoms with E-state index in [2.05, 4.69) is 36.4 Å². The minimum Gasteiger partial charge on any atom is -0.496 e. The van der Waals surface area contributed by atoms with Crippen molar-refractivity contribution in [1.29, 1.82) is 0 Å². The maximum Gasteiger partial charge on any atom is 0.482 e. The summed E-state index contributed by atoms with van der Waals surface area (Å²) in [6.07, 6.45) is 3.99. The molecule has 3 saturated carbocycles. The number of hydrogen-bond donors (Lipinski definition) is 2. The molecule has 1 saturated heterocycles. The van der Waals surface area contributed by atoms with Crippen LogP contribution in [0.1, 0.15) is 55.2 Å². The number of methoxy groups -OCH3 is 1. The van der Waals surface area contributed by atoms with Crippen molar-refractivity contribution in [3.8, 4) is 5.75 Å². The molecule has 4 fully saturated rings. The number of ether oxygens (including phenoxy) is 1. The maximum atomic E-state index is 13.3. The molecule has 0 unspecified atom stereocenters. The summed E-state index contributed by atoms with van der Waals surface area (Å²) in [7, 11) is 4.63. The van der Waals surface area contributed by atoms with Gasteiger partial charge in [0.1, 0.15) is 17.9 Å². The monoisotopic (exact) mass is 539 g/mol. The highest BCUT2D eigenvalue weighted by molar-refractivity contribution is 6.48. The van der Waals surface area contributed by atoms with Gasteiger partial charge in [0.05, 0.1) is 36.6 Å². The number of nitrogens with one attached hydrogen (secondary N) is 1. The van der Waals surface area contributed by atoms with E-state index in [0.29, 0.717) is 23.9 Å². The molecule has 3 aliphatic carbocycles. The van der Waals surface area contributed by atoms with Gasteiger partial charge in [0.2, 0.25) is 5.91 Å². The van der Waals surface area contributed by atoms with Gasteiger partial charge in [-0.1, -0.05) is 31.2 Å². The van der Waals surface area contributed by atoms with Crippen molar-refractivity contribution >= 4 is 19.0 Å². The van der Waals surface area contributed by atoms with Crippen LogP contribution in [0.4, 0.5) is 0 Å². The molecule has 12 heteroatoms. The number of carbonyl (C=O) groups excluding carboxylic acids is 1. The van der Waals surface area contributed by atoms with E-state index in [1.54, 1.807) is 18.3 Å². The molecule has 210 valence electrons. The van der Waals surface area contributed by atoms with Crippen molar-refractivity contribution in [3.05, 3.63) is 41.2 Å². The first-order valence-corrected chi connectivity index (χ1v) is 13.5. The van der Waals surface area contributed by atoms with Gasteiger partial charge in [-0.25, -0.2) is 9.48 Å². The number of aromatic carboxylic acids is 1. The zero-order valence-electron chi connectivity index (χ0n) is 23.5. The molecule has 1 aromatic carbocycles. The van der Waals surface area contributed by atoms with Crippen LogP contribution < -0.4 is 10.1 Å². The highest BCUT2D eigenvalue weighted by atomic mass is 16.7. The minimum absolute atomic E-state index is 0.0195. The van der Waals surface area contributed by atoms with Gasteiger partial charge >= 0.3 is 13.1 Å². The van der Waals surface area contributed by atoms with E-state index < -0.39 is 24.6 Å². The van der Waals surface area contributed by atoms with Crippen LogP contribution in [-0.2, 0) is 33.6 Å². The highest BCUT2D eigenvalue weighted by Crippen LogP contribution is 2.65. The fraction of sp³-hybridized carbons (Fsp3) is 0.630. The normalized spacial score (nSPS) is 27.6. The number of benzene rings is 1. The number of nitrogens with zero attached hydrogens (tertiary/aromatic N) is 4. The Morgan fingerprint density at radius 2 is 2.08 bits per heavy atom. The van der Waals surface area contributed by atoms with Crippen LogP contribution in [0.15, 0.2) is 24.4 Å². The first kappa shape index (κ1) is 27.6. The minimum atomic E-state index is -1.08. The van der Waals surface area contributed by atoms with Crippen LogP contribution >= 0.6 is 0 Å². The summed E-state index contributed by atoms with van der Waals surface area (Å²) in [5.74, 6) is -0.714. The lowest BCUT2D eigenvalue weighted by molar-refractivity contribution is -0.199. The Bertz CT molecular complexity index is 1250. The van der Waals surface area contributed by atoms with Gasteiger partial charge in [-0.2, -0.15) is 0 Å². The first-order chi connectivity index (χ1) is 18.4. The molecule has 11 nitrogen and oxygen atoms in total. The van der Waals surface area contributed by atoms with Gasteiger partial charge in [-0.05, 0) is 69.2 Å². The Morgan fingerprint density at radius 1 is 1.31 bits per heavy atom. The number of carboxylic acids is 1. The molecule has 2 aromatic rings. The number of aromatic nitrogens is 3. The first-order valence-electron chi connectivity index (χ1n) is 13.5. The number of carboxylic acid groups (broad SMARTS) is 1. The van der Waals surface area contributed by atoms with Crippen molar-refractivity contribution in [3.63, 3.8) is 0 Å². The van der Waals surface area contributed by atoms with Gasteiger partial charge in [0, 0.05) is 6.54 Å². The van der Waals surface area contributed by atoms with Crippen molar-refractivity contribution in [2.75, 3.05) is 21.2 Å². The summed E-state index contributed by atoms with van der Waals surface area (Å²) in [4.78, 5) is 27.1. The summed E-state index contributed by atoms with van der Waals surface area (Å²) in [5, 5.41) is 21.0. The van der Waals surface area contributed by atoms with Crippen LogP contribution in [0.5, 0.6) is 5.75 Å². The third-order valence-corrected chi connectivity index (χ3v) is 8.98. The third kappa shape index (κ3) is 5.05. The molecule has 39 heavy (non-hydrogen) atoms. The molecule has 0 radical (unpaired) electrons. The van der Waals surface area contributed by atoms with Crippen LogP contribution in [0.2, 0.25) is 0 Å². The smallest absolute Gasteiger partial charge is 0.482 e. The van der Waals surface area contributed by atoms with Crippen LogP contribution in [0.25, 0.3) is 0 Å². The number of amides is 1. The van der Waals surface area contributed by atoms with Crippen molar-refractivity contribution < 1.29 is 28.7 Å². The van der Waals surface area contributed by atoms with E-state index >= 15 is 0 Å². The number of carbonyl (C=O) groups is 2. The summed E-state index contributed by atoms with van der Waals surface area (Å²) < 4.78 is 20.2. The van der Waals surface area contributed by atoms with Gasteiger partial charge in [0.25, 0.3) is 0 Å². The lowest BCUT2D eigenvalue weighted by Crippen LogP contribution is -2.65. The second-order valence-electron chi connectivity index (χ2n) is 12.2. The average molecular weight is 539 g/mol. The Hall–Kier alpha value is -2.96. The van der Waals surface area contributed by atoms with Crippen molar-refractivity contribution in [1.82, 2.24) is 25.2 Å².